The fourth-order valence-corrected chi connectivity index (χ4v) is 3.05. The van der Waals surface area contributed by atoms with E-state index in [0.29, 0.717) is 6.04 Å². The zero-order valence-electron chi connectivity index (χ0n) is 12.9. The maximum absolute atomic E-state index is 12.4. The summed E-state index contributed by atoms with van der Waals surface area (Å²) in [5.41, 5.74) is 0.153. The summed E-state index contributed by atoms with van der Waals surface area (Å²) in [4.78, 5) is 14.5. The van der Waals surface area contributed by atoms with Gasteiger partial charge in [-0.1, -0.05) is 64.5 Å². The van der Waals surface area contributed by atoms with Crippen molar-refractivity contribution >= 4 is 17.0 Å². The van der Waals surface area contributed by atoms with Gasteiger partial charge in [0.25, 0.3) is 5.24 Å². The SMILES string of the molecule is CCSC(=O)N(CC(C)(C)C)C1/C=C/CCCCC1. The summed E-state index contributed by atoms with van der Waals surface area (Å²) >= 11 is 1.44. The Labute approximate surface area is 123 Å². The summed E-state index contributed by atoms with van der Waals surface area (Å²) in [6.07, 6.45) is 10.6. The fraction of sp³-hybridized carbons (Fsp3) is 0.812. The second-order valence-corrected chi connectivity index (χ2v) is 7.74. The highest BCUT2D eigenvalue weighted by Gasteiger charge is 2.26. The molecule has 0 spiro atoms. The molecule has 0 aliphatic heterocycles. The number of hydrogen-bond acceptors (Lipinski definition) is 2. The van der Waals surface area contributed by atoms with Gasteiger partial charge in [-0.15, -0.1) is 0 Å². The van der Waals surface area contributed by atoms with E-state index in [9.17, 15) is 4.79 Å². The minimum Gasteiger partial charge on any atom is -0.327 e. The summed E-state index contributed by atoms with van der Waals surface area (Å²) in [7, 11) is 0. The molecule has 0 saturated carbocycles. The standard InChI is InChI=1S/C16H29NOS/c1-5-19-15(18)17(13-16(2,3)4)14-11-9-7-6-8-10-12-14/h9,11,14H,5-8,10,12-13H2,1-4H3/b11-9+. The van der Waals surface area contributed by atoms with Crippen LogP contribution in [0.15, 0.2) is 12.2 Å². The number of allylic oxidation sites excluding steroid dienone is 1. The zero-order chi connectivity index (χ0) is 14.3. The summed E-state index contributed by atoms with van der Waals surface area (Å²) in [6.45, 7) is 9.50. The van der Waals surface area contributed by atoms with Gasteiger partial charge in [-0.05, 0) is 30.4 Å². The molecule has 0 bridgehead atoms. The molecule has 1 atom stereocenters. The number of thioether (sulfide) groups is 1. The third-order valence-electron chi connectivity index (χ3n) is 3.28. The Morgan fingerprint density at radius 3 is 2.68 bits per heavy atom. The summed E-state index contributed by atoms with van der Waals surface area (Å²) in [5, 5.41) is 0.243. The van der Waals surface area contributed by atoms with Crippen molar-refractivity contribution in [3.05, 3.63) is 12.2 Å². The van der Waals surface area contributed by atoms with Gasteiger partial charge in [0.05, 0.1) is 6.04 Å². The van der Waals surface area contributed by atoms with Crippen LogP contribution in [-0.4, -0.2) is 28.5 Å². The first-order valence-corrected chi connectivity index (χ1v) is 8.52. The van der Waals surface area contributed by atoms with Gasteiger partial charge in [0.2, 0.25) is 0 Å². The summed E-state index contributed by atoms with van der Waals surface area (Å²) < 4.78 is 0. The van der Waals surface area contributed by atoms with E-state index in [1.807, 2.05) is 6.92 Å². The first kappa shape index (κ1) is 16.6. The monoisotopic (exact) mass is 283 g/mol. The second kappa shape index (κ2) is 7.98. The van der Waals surface area contributed by atoms with Crippen molar-refractivity contribution in [3.8, 4) is 0 Å². The van der Waals surface area contributed by atoms with E-state index < -0.39 is 0 Å². The van der Waals surface area contributed by atoms with Crippen molar-refractivity contribution in [2.75, 3.05) is 12.3 Å². The van der Waals surface area contributed by atoms with E-state index in [-0.39, 0.29) is 10.7 Å². The molecule has 19 heavy (non-hydrogen) atoms. The molecule has 1 aliphatic carbocycles. The molecule has 0 radical (unpaired) electrons. The van der Waals surface area contributed by atoms with Gasteiger partial charge >= 0.3 is 0 Å². The molecule has 0 aromatic rings. The van der Waals surface area contributed by atoms with E-state index in [0.717, 1.165) is 25.1 Å². The Hall–Kier alpha value is -0.440. The predicted octanol–water partition coefficient (Wildman–Crippen LogP) is 5.10. The largest absolute Gasteiger partial charge is 0.327 e. The number of rotatable bonds is 3. The van der Waals surface area contributed by atoms with Crippen LogP contribution in [0.4, 0.5) is 4.79 Å². The van der Waals surface area contributed by atoms with Crippen LogP contribution in [0.5, 0.6) is 0 Å². The van der Waals surface area contributed by atoms with Gasteiger partial charge in [-0.3, -0.25) is 4.79 Å². The molecule has 0 aromatic heterocycles. The minimum atomic E-state index is 0.153. The van der Waals surface area contributed by atoms with Crippen molar-refractivity contribution in [1.82, 2.24) is 4.90 Å². The molecule has 110 valence electrons. The number of carbonyl (C=O) groups excluding carboxylic acids is 1. The minimum absolute atomic E-state index is 0.153. The van der Waals surface area contributed by atoms with Gasteiger partial charge in [-0.25, -0.2) is 0 Å². The Balaban J connectivity index is 2.80. The zero-order valence-corrected chi connectivity index (χ0v) is 13.8. The molecular formula is C16H29NOS. The van der Waals surface area contributed by atoms with Crippen LogP contribution >= 0.6 is 11.8 Å². The van der Waals surface area contributed by atoms with Crippen LogP contribution in [0.1, 0.15) is 59.8 Å². The van der Waals surface area contributed by atoms with E-state index in [1.165, 1.54) is 31.0 Å². The van der Waals surface area contributed by atoms with Gasteiger partial charge < -0.3 is 4.90 Å². The number of hydrogen-bond donors (Lipinski definition) is 0. The van der Waals surface area contributed by atoms with Gasteiger partial charge in [-0.2, -0.15) is 0 Å². The lowest BCUT2D eigenvalue weighted by Crippen LogP contribution is -2.42. The van der Waals surface area contributed by atoms with Crippen LogP contribution in [0.3, 0.4) is 0 Å². The van der Waals surface area contributed by atoms with Crippen molar-refractivity contribution in [2.24, 2.45) is 5.41 Å². The number of nitrogens with zero attached hydrogens (tertiary/aromatic N) is 1. The molecule has 0 aromatic carbocycles. The van der Waals surface area contributed by atoms with Gasteiger partial charge in [0.15, 0.2) is 0 Å². The van der Waals surface area contributed by atoms with Crippen molar-refractivity contribution in [3.63, 3.8) is 0 Å². The highest BCUT2D eigenvalue weighted by atomic mass is 32.2. The molecule has 2 nitrogen and oxygen atoms in total. The summed E-state index contributed by atoms with van der Waals surface area (Å²) in [5.74, 6) is 0.857. The molecule has 1 rings (SSSR count). The molecule has 1 unspecified atom stereocenters. The highest BCUT2D eigenvalue weighted by molar-refractivity contribution is 8.13. The molecule has 0 saturated heterocycles. The molecule has 1 amide bonds. The smallest absolute Gasteiger partial charge is 0.282 e. The lowest BCUT2D eigenvalue weighted by molar-refractivity contribution is 0.174. The molecule has 3 heteroatoms. The lowest BCUT2D eigenvalue weighted by atomic mass is 9.94. The lowest BCUT2D eigenvalue weighted by Gasteiger charge is -2.35. The quantitative estimate of drug-likeness (QED) is 0.672. The van der Waals surface area contributed by atoms with Crippen LogP contribution in [0.25, 0.3) is 0 Å². The third-order valence-corrected chi connectivity index (χ3v) is 4.05. The second-order valence-electron chi connectivity index (χ2n) is 6.52. The first-order valence-electron chi connectivity index (χ1n) is 7.54. The fourth-order valence-electron chi connectivity index (χ4n) is 2.44. The van der Waals surface area contributed by atoms with E-state index >= 15 is 0 Å². The van der Waals surface area contributed by atoms with E-state index in [4.69, 9.17) is 0 Å². The van der Waals surface area contributed by atoms with Crippen LogP contribution < -0.4 is 0 Å². The van der Waals surface area contributed by atoms with E-state index in [2.05, 4.69) is 37.8 Å². The first-order chi connectivity index (χ1) is 8.94. The van der Waals surface area contributed by atoms with Crippen LogP contribution in [0, 0.1) is 5.41 Å². The van der Waals surface area contributed by atoms with Crippen molar-refractivity contribution in [2.45, 2.75) is 65.8 Å². The normalized spacial score (nSPS) is 22.4. The molecular weight excluding hydrogens is 254 g/mol. The third kappa shape index (κ3) is 6.51. The van der Waals surface area contributed by atoms with Crippen LogP contribution in [-0.2, 0) is 0 Å². The Kier molecular flexibility index (Phi) is 6.98. The van der Waals surface area contributed by atoms with Crippen LogP contribution in [0.2, 0.25) is 0 Å². The average molecular weight is 283 g/mol. The Morgan fingerprint density at radius 1 is 1.32 bits per heavy atom. The summed E-state index contributed by atoms with van der Waals surface area (Å²) in [6, 6.07) is 0.297. The highest BCUT2D eigenvalue weighted by Crippen LogP contribution is 2.25. The van der Waals surface area contributed by atoms with E-state index in [1.54, 1.807) is 0 Å². The predicted molar refractivity (Wildman–Crippen MR) is 85.7 cm³/mol. The average Bonchev–Trinajstić information content (AvgIpc) is 2.25. The van der Waals surface area contributed by atoms with Gasteiger partial charge in [0.1, 0.15) is 0 Å². The van der Waals surface area contributed by atoms with Crippen molar-refractivity contribution in [1.29, 1.82) is 0 Å². The molecule has 0 N–H and O–H groups in total. The number of carbonyl (C=O) groups is 1. The topological polar surface area (TPSA) is 20.3 Å². The van der Waals surface area contributed by atoms with Gasteiger partial charge in [0, 0.05) is 6.54 Å². The maximum Gasteiger partial charge on any atom is 0.282 e. The molecule has 0 heterocycles. The molecule has 0 fully saturated rings. The van der Waals surface area contributed by atoms with Crippen molar-refractivity contribution < 1.29 is 4.79 Å². The Morgan fingerprint density at radius 2 is 2.05 bits per heavy atom. The Bertz CT molecular complexity index is 306. The number of amides is 1. The molecule has 1 aliphatic rings. The maximum atomic E-state index is 12.4.